The van der Waals surface area contributed by atoms with Gasteiger partial charge in [-0.05, 0) is 80.8 Å². The van der Waals surface area contributed by atoms with E-state index < -0.39 is 0 Å². The number of amides is 1. The third kappa shape index (κ3) is 4.60. The summed E-state index contributed by atoms with van der Waals surface area (Å²) in [6.07, 6.45) is 4.32. The normalized spacial score (nSPS) is 20.4. The van der Waals surface area contributed by atoms with E-state index in [-0.39, 0.29) is 11.9 Å². The molecule has 5 rings (SSSR count). The molecule has 0 radical (unpaired) electrons. The minimum Gasteiger partial charge on any atom is -0.497 e. The molecule has 1 amide bonds. The summed E-state index contributed by atoms with van der Waals surface area (Å²) in [5.41, 5.74) is 5.85. The number of methoxy groups -OCH3 is 1. The van der Waals surface area contributed by atoms with E-state index in [1.165, 1.54) is 12.8 Å². The van der Waals surface area contributed by atoms with Gasteiger partial charge in [0.1, 0.15) is 5.75 Å². The van der Waals surface area contributed by atoms with E-state index in [1.807, 2.05) is 43.8 Å². The highest BCUT2D eigenvalue weighted by molar-refractivity contribution is 5.97. The Morgan fingerprint density at radius 3 is 2.53 bits per heavy atom. The first-order valence-corrected chi connectivity index (χ1v) is 13.0. The van der Waals surface area contributed by atoms with Gasteiger partial charge in [0.15, 0.2) is 0 Å². The van der Waals surface area contributed by atoms with Gasteiger partial charge in [-0.15, -0.1) is 0 Å². The molecule has 2 saturated heterocycles. The lowest BCUT2D eigenvalue weighted by molar-refractivity contribution is 0.0939. The quantitative estimate of drug-likeness (QED) is 0.529. The summed E-state index contributed by atoms with van der Waals surface area (Å²) in [7, 11) is 3.58. The van der Waals surface area contributed by atoms with Crippen LogP contribution in [0.5, 0.6) is 5.75 Å². The number of carbonyl (C=O) groups excluding carboxylic acids is 1. The maximum absolute atomic E-state index is 13.5. The number of hydrogen-bond donors (Lipinski definition) is 1. The van der Waals surface area contributed by atoms with Crippen LogP contribution in [-0.4, -0.2) is 59.4 Å². The summed E-state index contributed by atoms with van der Waals surface area (Å²) in [5, 5.41) is 7.51. The van der Waals surface area contributed by atoms with Gasteiger partial charge in [0.2, 0.25) is 0 Å². The molecule has 2 aliphatic heterocycles. The van der Waals surface area contributed by atoms with Crippen LogP contribution in [0.25, 0.3) is 11.3 Å². The van der Waals surface area contributed by atoms with E-state index in [2.05, 4.69) is 51.4 Å². The predicted octanol–water partition coefficient (Wildman–Crippen LogP) is 4.57. The van der Waals surface area contributed by atoms with Gasteiger partial charge < -0.3 is 15.0 Å². The van der Waals surface area contributed by atoms with Crippen LogP contribution in [0.15, 0.2) is 48.7 Å². The maximum atomic E-state index is 13.5. The van der Waals surface area contributed by atoms with Crippen molar-refractivity contribution in [1.82, 2.24) is 20.0 Å². The number of nitrogens with zero attached hydrogens (tertiary/aromatic N) is 4. The van der Waals surface area contributed by atoms with Crippen LogP contribution in [-0.2, 0) is 7.05 Å². The van der Waals surface area contributed by atoms with Gasteiger partial charge in [0, 0.05) is 55.2 Å². The minimum atomic E-state index is -0.188. The van der Waals surface area contributed by atoms with E-state index in [0.717, 1.165) is 59.0 Å². The minimum absolute atomic E-state index is 0.0538. The summed E-state index contributed by atoms with van der Waals surface area (Å²) >= 11 is 0. The molecular formula is C29H37N5O2. The maximum Gasteiger partial charge on any atom is 0.252 e. The number of likely N-dealkylation sites (N-methyl/N-ethyl adjacent to an activating group) is 1. The van der Waals surface area contributed by atoms with Crippen LogP contribution in [0.4, 0.5) is 5.69 Å². The monoisotopic (exact) mass is 487 g/mol. The average Bonchev–Trinajstić information content (AvgIpc) is 3.42. The lowest BCUT2D eigenvalue weighted by atomic mass is 10.0. The standard InChI is InChI=1S/C29H37N5O2/c1-6-34-24-9-10-25(34)18-33(17-24)23-8-7-19(2)27(16-23)29(35)31-20(3)21-13-22(15-26(14-21)36-5)28-11-12-30-32(28)4/h7-8,11-16,20,24-25H,6,9-10,17-18H2,1-5H3,(H,31,35)/t20-,24-,25+/m1/s1. The Hall–Kier alpha value is -3.32. The van der Waals surface area contributed by atoms with Gasteiger partial charge in [-0.2, -0.15) is 5.10 Å². The number of aromatic nitrogens is 2. The molecule has 0 saturated carbocycles. The Morgan fingerprint density at radius 2 is 1.89 bits per heavy atom. The number of ether oxygens (including phenoxy) is 1. The second kappa shape index (κ2) is 9.97. The van der Waals surface area contributed by atoms with Crippen molar-refractivity contribution < 1.29 is 9.53 Å². The van der Waals surface area contributed by atoms with Crippen molar-refractivity contribution >= 4 is 11.6 Å². The van der Waals surface area contributed by atoms with Crippen molar-refractivity contribution in [3.63, 3.8) is 0 Å². The van der Waals surface area contributed by atoms with E-state index >= 15 is 0 Å². The fraction of sp³-hybridized carbons (Fsp3) is 0.448. The molecule has 7 nitrogen and oxygen atoms in total. The first kappa shape index (κ1) is 24.4. The molecule has 0 aliphatic carbocycles. The molecule has 1 aromatic heterocycles. The number of benzene rings is 2. The molecule has 36 heavy (non-hydrogen) atoms. The lowest BCUT2D eigenvalue weighted by Crippen LogP contribution is -2.53. The predicted molar refractivity (Wildman–Crippen MR) is 144 cm³/mol. The van der Waals surface area contributed by atoms with Crippen molar-refractivity contribution in [2.24, 2.45) is 7.05 Å². The second-order valence-electron chi connectivity index (χ2n) is 10.1. The topological polar surface area (TPSA) is 62.6 Å². The second-order valence-corrected chi connectivity index (χ2v) is 10.1. The highest BCUT2D eigenvalue weighted by Crippen LogP contribution is 2.33. The Morgan fingerprint density at radius 1 is 1.14 bits per heavy atom. The first-order chi connectivity index (χ1) is 17.4. The van der Waals surface area contributed by atoms with E-state index in [4.69, 9.17) is 4.74 Å². The van der Waals surface area contributed by atoms with E-state index in [0.29, 0.717) is 12.1 Å². The van der Waals surface area contributed by atoms with Crippen LogP contribution in [0.2, 0.25) is 0 Å². The highest BCUT2D eigenvalue weighted by atomic mass is 16.5. The molecule has 2 fully saturated rings. The van der Waals surface area contributed by atoms with Gasteiger partial charge >= 0.3 is 0 Å². The number of carbonyl (C=O) groups is 1. The molecule has 3 atom stereocenters. The van der Waals surface area contributed by atoms with Crippen molar-refractivity contribution in [1.29, 1.82) is 0 Å². The summed E-state index contributed by atoms with van der Waals surface area (Å²) < 4.78 is 7.40. The molecule has 0 spiro atoms. The summed E-state index contributed by atoms with van der Waals surface area (Å²) in [5.74, 6) is 0.700. The first-order valence-electron chi connectivity index (χ1n) is 13.0. The zero-order chi connectivity index (χ0) is 25.4. The number of anilines is 1. The fourth-order valence-electron chi connectivity index (χ4n) is 5.92. The SMILES string of the molecule is CCN1[C@@H]2CC[C@H]1CN(c1ccc(C)c(C(=O)N[C@H](C)c3cc(OC)cc(-c4ccnn4C)c3)c1)C2. The average molecular weight is 488 g/mol. The Labute approximate surface area is 214 Å². The number of fused-ring (bicyclic) bond motifs is 2. The largest absolute Gasteiger partial charge is 0.497 e. The number of aryl methyl sites for hydroxylation is 2. The molecule has 3 aromatic rings. The zero-order valence-corrected chi connectivity index (χ0v) is 22.0. The third-order valence-corrected chi connectivity index (χ3v) is 7.96. The van der Waals surface area contributed by atoms with Gasteiger partial charge in [-0.1, -0.05) is 13.0 Å². The molecule has 0 unspecified atom stereocenters. The van der Waals surface area contributed by atoms with Crippen LogP contribution in [0.3, 0.4) is 0 Å². The Bertz CT molecular complexity index is 1240. The summed E-state index contributed by atoms with van der Waals surface area (Å²) in [6, 6.07) is 15.4. The van der Waals surface area contributed by atoms with Crippen molar-refractivity contribution in [2.75, 3.05) is 31.6 Å². The Kier molecular flexibility index (Phi) is 6.75. The van der Waals surface area contributed by atoms with Gasteiger partial charge in [0.25, 0.3) is 5.91 Å². The molecule has 2 aliphatic rings. The molecular weight excluding hydrogens is 450 g/mol. The van der Waals surface area contributed by atoms with E-state index in [1.54, 1.807) is 13.3 Å². The van der Waals surface area contributed by atoms with Crippen LogP contribution in [0.1, 0.15) is 54.2 Å². The smallest absolute Gasteiger partial charge is 0.252 e. The molecule has 7 heteroatoms. The number of hydrogen-bond acceptors (Lipinski definition) is 5. The van der Waals surface area contributed by atoms with E-state index in [9.17, 15) is 4.79 Å². The third-order valence-electron chi connectivity index (χ3n) is 7.96. The van der Waals surface area contributed by atoms with Gasteiger partial charge in [0.05, 0.1) is 18.8 Å². The number of nitrogens with one attached hydrogen (secondary N) is 1. The molecule has 3 heterocycles. The fourth-order valence-corrected chi connectivity index (χ4v) is 5.92. The molecule has 2 aromatic carbocycles. The summed E-state index contributed by atoms with van der Waals surface area (Å²) in [6.45, 7) is 9.47. The molecule has 2 bridgehead atoms. The zero-order valence-electron chi connectivity index (χ0n) is 22.0. The number of piperazine rings is 1. The van der Waals surface area contributed by atoms with Crippen molar-refractivity contribution in [3.05, 3.63) is 65.4 Å². The van der Waals surface area contributed by atoms with Crippen LogP contribution < -0.4 is 15.0 Å². The lowest BCUT2D eigenvalue weighted by Gasteiger charge is -2.41. The Balaban J connectivity index is 1.35. The van der Waals surface area contributed by atoms with Crippen molar-refractivity contribution in [2.45, 2.75) is 51.7 Å². The van der Waals surface area contributed by atoms with Crippen LogP contribution in [0, 0.1) is 6.92 Å². The highest BCUT2D eigenvalue weighted by Gasteiger charge is 2.39. The summed E-state index contributed by atoms with van der Waals surface area (Å²) in [4.78, 5) is 18.6. The van der Waals surface area contributed by atoms with Crippen LogP contribution >= 0.6 is 0 Å². The van der Waals surface area contributed by atoms with Gasteiger partial charge in [-0.25, -0.2) is 0 Å². The van der Waals surface area contributed by atoms with Crippen molar-refractivity contribution in [3.8, 4) is 17.0 Å². The molecule has 1 N–H and O–H groups in total. The number of rotatable bonds is 7. The van der Waals surface area contributed by atoms with Gasteiger partial charge in [-0.3, -0.25) is 14.4 Å². The molecule has 190 valence electrons.